The Balaban J connectivity index is 0.00000361. The summed E-state index contributed by atoms with van der Waals surface area (Å²) in [5.41, 5.74) is 5.10. The van der Waals surface area contributed by atoms with Gasteiger partial charge in [-0.25, -0.2) is 13.1 Å². The van der Waals surface area contributed by atoms with Crippen LogP contribution in [0.3, 0.4) is 0 Å². The average Bonchev–Trinajstić information content (AvgIpc) is 2.27. The summed E-state index contributed by atoms with van der Waals surface area (Å²) in [6, 6.07) is 6.75. The zero-order valence-corrected chi connectivity index (χ0v) is 15.1. The third kappa shape index (κ3) is 5.33. The summed E-state index contributed by atoms with van der Waals surface area (Å²) in [5.74, 6) is 0.357. The maximum absolute atomic E-state index is 12.4. The Hall–Kier alpha value is -0.140. The molecule has 1 rings (SSSR count). The lowest BCUT2D eigenvalue weighted by Crippen LogP contribution is -2.52. The number of hydrogen-bond donors (Lipinski definition) is 2. The molecule has 0 aliphatic heterocycles. The highest BCUT2D eigenvalue weighted by Gasteiger charge is 2.30. The first-order chi connectivity index (χ1) is 8.70. The van der Waals surface area contributed by atoms with Crippen molar-refractivity contribution in [1.29, 1.82) is 0 Å². The number of hydrogen-bond acceptors (Lipinski definition) is 3. The van der Waals surface area contributed by atoms with E-state index in [0.717, 1.165) is 0 Å². The van der Waals surface area contributed by atoms with E-state index in [1.807, 2.05) is 20.8 Å². The Kier molecular flexibility index (Phi) is 7.70. The zero-order chi connectivity index (χ0) is 14.7. The van der Waals surface area contributed by atoms with E-state index < -0.39 is 15.6 Å². The molecule has 0 fully saturated rings. The van der Waals surface area contributed by atoms with Crippen molar-refractivity contribution in [3.8, 4) is 0 Å². The molecule has 0 aliphatic carbocycles. The van der Waals surface area contributed by atoms with Gasteiger partial charge in [0.1, 0.15) is 0 Å². The number of halogens is 2. The fourth-order valence-corrected chi connectivity index (χ4v) is 4.54. The Labute approximate surface area is 136 Å². The van der Waals surface area contributed by atoms with Gasteiger partial charge in [0.2, 0.25) is 10.0 Å². The molecular weight excluding hydrogens is 364 g/mol. The average molecular weight is 386 g/mol. The predicted molar refractivity (Wildman–Crippen MR) is 88.6 cm³/mol. The second-order valence-corrected chi connectivity index (χ2v) is 7.90. The van der Waals surface area contributed by atoms with E-state index in [9.17, 15) is 8.42 Å². The van der Waals surface area contributed by atoms with Crippen molar-refractivity contribution in [3.63, 3.8) is 0 Å². The molecule has 0 bridgehead atoms. The van der Waals surface area contributed by atoms with Crippen molar-refractivity contribution in [2.75, 3.05) is 6.54 Å². The number of rotatable bonds is 6. The van der Waals surface area contributed by atoms with Crippen molar-refractivity contribution >= 4 is 38.4 Å². The number of benzene rings is 1. The lowest BCUT2D eigenvalue weighted by atomic mass is 9.92. The van der Waals surface area contributed by atoms with Gasteiger partial charge in [-0.3, -0.25) is 0 Å². The highest BCUT2D eigenvalue weighted by Crippen LogP contribution is 2.24. The summed E-state index contributed by atoms with van der Waals surface area (Å²) in [5, 5.41) is 0. The zero-order valence-electron chi connectivity index (χ0n) is 11.9. The standard InChI is InChI=1S/C13H21BrN2O2S.ClH/c1-10(2)8-13(3,9-15)16-19(17,18)12-7-5-4-6-11(12)14;/h4-7,10,16H,8-9,15H2,1-3H3;1H. The minimum absolute atomic E-state index is 0. The van der Waals surface area contributed by atoms with E-state index in [1.165, 1.54) is 0 Å². The fraction of sp³-hybridized carbons (Fsp3) is 0.538. The fourth-order valence-electron chi connectivity index (χ4n) is 2.11. The van der Waals surface area contributed by atoms with E-state index in [0.29, 0.717) is 16.8 Å². The van der Waals surface area contributed by atoms with Crippen LogP contribution in [0.5, 0.6) is 0 Å². The molecule has 20 heavy (non-hydrogen) atoms. The highest BCUT2D eigenvalue weighted by molar-refractivity contribution is 9.10. The lowest BCUT2D eigenvalue weighted by molar-refractivity contribution is 0.344. The van der Waals surface area contributed by atoms with Crippen molar-refractivity contribution in [1.82, 2.24) is 4.72 Å². The Morgan fingerprint density at radius 1 is 1.35 bits per heavy atom. The van der Waals surface area contributed by atoms with E-state index in [4.69, 9.17) is 5.73 Å². The van der Waals surface area contributed by atoms with Crippen LogP contribution in [-0.2, 0) is 10.0 Å². The minimum Gasteiger partial charge on any atom is -0.329 e. The maximum Gasteiger partial charge on any atom is 0.242 e. The third-order valence-corrected chi connectivity index (χ3v) is 5.47. The normalized spacial score (nSPS) is 14.7. The van der Waals surface area contributed by atoms with Crippen LogP contribution < -0.4 is 10.5 Å². The van der Waals surface area contributed by atoms with Crippen molar-refractivity contribution in [2.45, 2.75) is 37.6 Å². The van der Waals surface area contributed by atoms with Gasteiger partial charge >= 0.3 is 0 Å². The van der Waals surface area contributed by atoms with E-state index >= 15 is 0 Å². The van der Waals surface area contributed by atoms with Gasteiger partial charge in [-0.15, -0.1) is 12.4 Å². The SMILES string of the molecule is CC(C)CC(C)(CN)NS(=O)(=O)c1ccccc1Br.Cl. The quantitative estimate of drug-likeness (QED) is 0.791. The van der Waals surface area contributed by atoms with Crippen LogP contribution in [0, 0.1) is 5.92 Å². The highest BCUT2D eigenvalue weighted by atomic mass is 79.9. The first-order valence-electron chi connectivity index (χ1n) is 6.19. The molecule has 0 radical (unpaired) electrons. The maximum atomic E-state index is 12.4. The van der Waals surface area contributed by atoms with Gasteiger partial charge < -0.3 is 5.73 Å². The van der Waals surface area contributed by atoms with Gasteiger partial charge in [-0.2, -0.15) is 0 Å². The minimum atomic E-state index is -3.58. The van der Waals surface area contributed by atoms with Crippen LogP contribution in [0.4, 0.5) is 0 Å². The second-order valence-electron chi connectivity index (χ2n) is 5.40. The van der Waals surface area contributed by atoms with Crippen LogP contribution in [0.2, 0.25) is 0 Å². The summed E-state index contributed by atoms with van der Waals surface area (Å²) in [6.45, 7) is 6.18. The molecule has 116 valence electrons. The summed E-state index contributed by atoms with van der Waals surface area (Å²) >= 11 is 3.26. The van der Waals surface area contributed by atoms with Crippen LogP contribution in [0.1, 0.15) is 27.2 Å². The monoisotopic (exact) mass is 384 g/mol. The smallest absolute Gasteiger partial charge is 0.242 e. The first kappa shape index (κ1) is 19.9. The molecular formula is C13H22BrClN2O2S. The first-order valence-corrected chi connectivity index (χ1v) is 8.46. The van der Waals surface area contributed by atoms with Gasteiger partial charge in [-0.05, 0) is 47.3 Å². The summed E-state index contributed by atoms with van der Waals surface area (Å²) in [6.07, 6.45) is 0.688. The Bertz CT molecular complexity index is 537. The summed E-state index contributed by atoms with van der Waals surface area (Å²) in [7, 11) is -3.58. The molecule has 4 nitrogen and oxygen atoms in total. The molecule has 0 saturated carbocycles. The van der Waals surface area contributed by atoms with Crippen LogP contribution >= 0.6 is 28.3 Å². The third-order valence-electron chi connectivity index (χ3n) is 2.82. The molecule has 0 aromatic heterocycles. The molecule has 0 spiro atoms. The van der Waals surface area contributed by atoms with Crippen molar-refractivity contribution in [3.05, 3.63) is 28.7 Å². The molecule has 1 atom stereocenters. The van der Waals surface area contributed by atoms with Crippen LogP contribution in [0.15, 0.2) is 33.6 Å². The molecule has 0 amide bonds. The molecule has 1 unspecified atom stereocenters. The van der Waals surface area contributed by atoms with Crippen molar-refractivity contribution < 1.29 is 8.42 Å². The van der Waals surface area contributed by atoms with Crippen LogP contribution in [-0.4, -0.2) is 20.5 Å². The molecule has 1 aromatic carbocycles. The van der Waals surface area contributed by atoms with Crippen LogP contribution in [0.25, 0.3) is 0 Å². The Morgan fingerprint density at radius 2 is 1.90 bits per heavy atom. The predicted octanol–water partition coefficient (Wildman–Crippen LogP) is 2.91. The van der Waals surface area contributed by atoms with E-state index in [1.54, 1.807) is 24.3 Å². The van der Waals surface area contributed by atoms with E-state index in [-0.39, 0.29) is 23.8 Å². The molecule has 0 heterocycles. The topological polar surface area (TPSA) is 72.2 Å². The van der Waals surface area contributed by atoms with Gasteiger partial charge in [0.25, 0.3) is 0 Å². The summed E-state index contributed by atoms with van der Waals surface area (Å²) < 4.78 is 28.1. The second kappa shape index (κ2) is 7.75. The molecule has 1 aromatic rings. The molecule has 0 saturated heterocycles. The number of nitrogens with two attached hydrogens (primary N) is 1. The van der Waals surface area contributed by atoms with E-state index in [2.05, 4.69) is 20.7 Å². The molecule has 7 heteroatoms. The van der Waals surface area contributed by atoms with Gasteiger partial charge in [0.05, 0.1) is 4.90 Å². The number of nitrogens with one attached hydrogen (secondary N) is 1. The van der Waals surface area contributed by atoms with Gasteiger partial charge in [0.15, 0.2) is 0 Å². The summed E-state index contributed by atoms with van der Waals surface area (Å²) in [4.78, 5) is 0.235. The van der Waals surface area contributed by atoms with Gasteiger partial charge in [-0.1, -0.05) is 26.0 Å². The number of sulfonamides is 1. The van der Waals surface area contributed by atoms with Gasteiger partial charge in [0, 0.05) is 16.6 Å². The van der Waals surface area contributed by atoms with Crippen molar-refractivity contribution in [2.24, 2.45) is 11.7 Å². The Morgan fingerprint density at radius 3 is 2.35 bits per heavy atom. The lowest BCUT2D eigenvalue weighted by Gasteiger charge is -2.30. The molecule has 0 aliphatic rings. The molecule has 3 N–H and O–H groups in total. The largest absolute Gasteiger partial charge is 0.329 e.